The Kier molecular flexibility index (Phi) is 7.86. The van der Waals surface area contributed by atoms with E-state index in [1.54, 1.807) is 24.5 Å². The highest BCUT2D eigenvalue weighted by Crippen LogP contribution is 2.43. The summed E-state index contributed by atoms with van der Waals surface area (Å²) in [6.45, 7) is 7.06. The first kappa shape index (κ1) is 25.4. The molecular weight excluding hydrogens is 464 g/mol. The molecule has 3 heterocycles. The zero-order chi connectivity index (χ0) is 25.8. The zero-order valence-corrected chi connectivity index (χ0v) is 21.8. The molecule has 0 spiro atoms. The summed E-state index contributed by atoms with van der Waals surface area (Å²) in [5.74, 6) is 0.381. The number of hydrogen-bond acceptors (Lipinski definition) is 6. The number of ether oxygens (including phenoxy) is 1. The van der Waals surface area contributed by atoms with Crippen LogP contribution in [-0.2, 0) is 11.3 Å². The van der Waals surface area contributed by atoms with Crippen molar-refractivity contribution < 1.29 is 9.53 Å². The number of carbonyl (C=O) groups is 1. The molecule has 2 atom stereocenters. The first-order valence-corrected chi connectivity index (χ1v) is 13.5. The minimum atomic E-state index is -0.227. The van der Waals surface area contributed by atoms with Gasteiger partial charge in [0.15, 0.2) is 0 Å². The Labute approximate surface area is 219 Å². The van der Waals surface area contributed by atoms with E-state index in [0.717, 1.165) is 56.5 Å². The molecule has 0 bridgehead atoms. The number of nitrogens with one attached hydrogen (secondary N) is 1. The lowest BCUT2D eigenvalue weighted by Crippen LogP contribution is -2.39. The largest absolute Gasteiger partial charge is 0.382 e. The van der Waals surface area contributed by atoms with Crippen molar-refractivity contribution in [3.05, 3.63) is 71.7 Å². The molecule has 1 saturated heterocycles. The third-order valence-corrected chi connectivity index (χ3v) is 7.82. The topological polar surface area (TPSA) is 98.3 Å². The summed E-state index contributed by atoms with van der Waals surface area (Å²) in [7, 11) is 0. The van der Waals surface area contributed by atoms with E-state index < -0.39 is 0 Å². The molecule has 2 aromatic heterocycles. The Balaban J connectivity index is 1.42. The normalized spacial score (nSPS) is 20.9. The van der Waals surface area contributed by atoms with Gasteiger partial charge in [-0.25, -0.2) is 4.68 Å². The van der Waals surface area contributed by atoms with Gasteiger partial charge in [0.05, 0.1) is 30.0 Å². The van der Waals surface area contributed by atoms with Gasteiger partial charge in [-0.05, 0) is 57.2 Å². The van der Waals surface area contributed by atoms with E-state index in [-0.39, 0.29) is 24.0 Å². The molecule has 8 heteroatoms. The molecular formula is C29H38N6O2. The highest BCUT2D eigenvalue weighted by molar-refractivity contribution is 6.05. The summed E-state index contributed by atoms with van der Waals surface area (Å²) in [4.78, 5) is 19.7. The molecule has 5 rings (SSSR count). The van der Waals surface area contributed by atoms with Gasteiger partial charge in [-0.3, -0.25) is 9.78 Å². The van der Waals surface area contributed by atoms with Crippen LogP contribution in [0, 0.1) is 0 Å². The molecule has 1 aliphatic carbocycles. The van der Waals surface area contributed by atoms with Gasteiger partial charge in [-0.1, -0.05) is 36.8 Å². The number of nitrogens with two attached hydrogens (primary N) is 1. The van der Waals surface area contributed by atoms with Gasteiger partial charge in [0, 0.05) is 37.4 Å². The summed E-state index contributed by atoms with van der Waals surface area (Å²) in [6, 6.07) is 14.5. The summed E-state index contributed by atoms with van der Waals surface area (Å²) in [5.41, 5.74) is 9.87. The van der Waals surface area contributed by atoms with Crippen molar-refractivity contribution in [2.75, 3.05) is 24.1 Å². The van der Waals surface area contributed by atoms with Crippen LogP contribution in [0.15, 0.2) is 54.9 Å². The molecule has 1 aliphatic heterocycles. The van der Waals surface area contributed by atoms with E-state index >= 15 is 0 Å². The number of hydrogen-bond donors (Lipinski definition) is 2. The summed E-state index contributed by atoms with van der Waals surface area (Å²) < 4.78 is 8.39. The van der Waals surface area contributed by atoms with Crippen LogP contribution in [0.5, 0.6) is 0 Å². The Hall–Kier alpha value is -3.23. The summed E-state index contributed by atoms with van der Waals surface area (Å²) >= 11 is 0. The van der Waals surface area contributed by atoms with Crippen molar-refractivity contribution in [1.29, 1.82) is 0 Å². The van der Waals surface area contributed by atoms with Gasteiger partial charge in [-0.15, -0.1) is 0 Å². The number of carbonyl (C=O) groups excluding carboxylic acids is 1. The number of likely N-dealkylation sites (tertiary alicyclic amines) is 1. The molecule has 37 heavy (non-hydrogen) atoms. The highest BCUT2D eigenvalue weighted by atomic mass is 16.5. The second kappa shape index (κ2) is 11.4. The van der Waals surface area contributed by atoms with Crippen LogP contribution in [-0.4, -0.2) is 50.8 Å². The maximum absolute atomic E-state index is 13.1. The van der Waals surface area contributed by atoms with Crippen LogP contribution in [0.1, 0.15) is 79.5 Å². The van der Waals surface area contributed by atoms with Crippen LogP contribution in [0.2, 0.25) is 0 Å². The fourth-order valence-electron chi connectivity index (χ4n) is 5.68. The van der Waals surface area contributed by atoms with Gasteiger partial charge < -0.3 is 20.7 Å². The van der Waals surface area contributed by atoms with E-state index in [9.17, 15) is 4.79 Å². The van der Waals surface area contributed by atoms with Crippen molar-refractivity contribution in [3.8, 4) is 0 Å². The maximum atomic E-state index is 13.1. The number of anilines is 2. The number of piperidine rings is 1. The lowest BCUT2D eigenvalue weighted by atomic mass is 10.00. The highest BCUT2D eigenvalue weighted by Gasteiger charge is 2.36. The third-order valence-electron chi connectivity index (χ3n) is 7.82. The van der Waals surface area contributed by atoms with Crippen LogP contribution >= 0.6 is 0 Å². The number of nitrogens with zero attached hydrogens (tertiary/aromatic N) is 4. The van der Waals surface area contributed by atoms with Crippen LogP contribution in [0.4, 0.5) is 11.5 Å². The molecule has 8 nitrogen and oxygen atoms in total. The molecule has 2 aliphatic rings. The van der Waals surface area contributed by atoms with Gasteiger partial charge in [0.25, 0.3) is 5.91 Å². The van der Waals surface area contributed by atoms with Gasteiger partial charge >= 0.3 is 0 Å². The minimum absolute atomic E-state index is 0.0276. The fourth-order valence-corrected chi connectivity index (χ4v) is 5.68. The van der Waals surface area contributed by atoms with Crippen LogP contribution in [0.25, 0.3) is 0 Å². The number of benzene rings is 1. The van der Waals surface area contributed by atoms with Crippen molar-refractivity contribution in [2.24, 2.45) is 0 Å². The van der Waals surface area contributed by atoms with Crippen molar-refractivity contribution in [3.63, 3.8) is 0 Å². The quantitative estimate of drug-likeness (QED) is 0.449. The second-order valence-electron chi connectivity index (χ2n) is 10.5. The van der Waals surface area contributed by atoms with E-state index in [1.165, 1.54) is 0 Å². The SMILES string of the molecule is CC(C)N1CCC(n2nc([C@@H]3CCC[C@@H]3OCc3ccccc3)c(NC(=O)c3cccnc3)c2N)CC1. The van der Waals surface area contributed by atoms with Crippen molar-refractivity contribution >= 4 is 17.4 Å². The smallest absolute Gasteiger partial charge is 0.257 e. The van der Waals surface area contributed by atoms with Crippen LogP contribution in [0.3, 0.4) is 0 Å². The molecule has 3 aromatic rings. The van der Waals surface area contributed by atoms with Gasteiger partial charge in [-0.2, -0.15) is 5.10 Å². The number of pyridine rings is 1. The monoisotopic (exact) mass is 502 g/mol. The Bertz CT molecular complexity index is 1170. The second-order valence-corrected chi connectivity index (χ2v) is 10.5. The van der Waals surface area contributed by atoms with E-state index in [1.807, 2.05) is 22.9 Å². The molecule has 196 valence electrons. The van der Waals surface area contributed by atoms with Crippen molar-refractivity contribution in [1.82, 2.24) is 19.7 Å². The van der Waals surface area contributed by atoms with Gasteiger partial charge in [0.1, 0.15) is 11.5 Å². The fraction of sp³-hybridized carbons (Fsp3) is 0.483. The average molecular weight is 503 g/mol. The number of rotatable bonds is 8. The minimum Gasteiger partial charge on any atom is -0.382 e. The number of amides is 1. The number of aromatic nitrogens is 3. The molecule has 1 amide bonds. The van der Waals surface area contributed by atoms with E-state index in [0.29, 0.717) is 29.7 Å². The Morgan fingerprint density at radius 2 is 1.89 bits per heavy atom. The summed E-state index contributed by atoms with van der Waals surface area (Å²) in [5, 5.41) is 8.20. The lowest BCUT2D eigenvalue weighted by Gasteiger charge is -2.34. The molecule has 0 radical (unpaired) electrons. The van der Waals surface area contributed by atoms with Crippen LogP contribution < -0.4 is 11.1 Å². The summed E-state index contributed by atoms with van der Waals surface area (Å²) in [6.07, 6.45) is 8.20. The first-order chi connectivity index (χ1) is 18.0. The number of nitrogen functional groups attached to an aromatic ring is 1. The molecule has 1 aromatic carbocycles. The standard InChI is InChI=1S/C29H38N6O2/c1-20(2)34-16-13-23(14-17-34)35-28(30)27(32-29(36)22-10-7-15-31-18-22)26(33-35)24-11-6-12-25(24)37-19-21-8-4-3-5-9-21/h3-5,7-10,15,18,20,23-25H,6,11-14,16-17,19,30H2,1-2H3,(H,32,36)/t24-,25+/m1/s1. The first-order valence-electron chi connectivity index (χ1n) is 13.5. The molecule has 3 N–H and O–H groups in total. The zero-order valence-electron chi connectivity index (χ0n) is 21.8. The molecule has 1 saturated carbocycles. The van der Waals surface area contributed by atoms with Crippen molar-refractivity contribution in [2.45, 2.75) is 76.7 Å². The third kappa shape index (κ3) is 5.70. The average Bonchev–Trinajstić information content (AvgIpc) is 3.52. The van der Waals surface area contributed by atoms with Gasteiger partial charge in [0.2, 0.25) is 0 Å². The Morgan fingerprint density at radius 1 is 1.11 bits per heavy atom. The molecule has 2 fully saturated rings. The molecule has 0 unspecified atom stereocenters. The van der Waals surface area contributed by atoms with E-state index in [2.05, 4.69) is 41.2 Å². The Morgan fingerprint density at radius 3 is 2.59 bits per heavy atom. The predicted octanol–water partition coefficient (Wildman–Crippen LogP) is 5.01. The van der Waals surface area contributed by atoms with E-state index in [4.69, 9.17) is 15.6 Å². The lowest BCUT2D eigenvalue weighted by molar-refractivity contribution is 0.0334. The predicted molar refractivity (Wildman–Crippen MR) is 145 cm³/mol. The maximum Gasteiger partial charge on any atom is 0.257 e.